The van der Waals surface area contributed by atoms with Crippen LogP contribution in [0.3, 0.4) is 0 Å². The van der Waals surface area contributed by atoms with E-state index in [1.54, 1.807) is 6.20 Å². The molecule has 0 saturated carbocycles. The normalized spacial score (nSPS) is 15.8. The highest BCUT2D eigenvalue weighted by molar-refractivity contribution is 5.43. The van der Waals surface area contributed by atoms with Crippen molar-refractivity contribution in [2.75, 3.05) is 24.6 Å². The van der Waals surface area contributed by atoms with E-state index in [1.165, 1.54) is 0 Å². The Kier molecular flexibility index (Phi) is 4.51. The molecule has 5 nitrogen and oxygen atoms in total. The molecule has 5 heteroatoms. The number of anilines is 1. The zero-order valence-electron chi connectivity index (χ0n) is 13.2. The van der Waals surface area contributed by atoms with Gasteiger partial charge in [-0.25, -0.2) is 9.97 Å². The quantitative estimate of drug-likeness (QED) is 0.868. The summed E-state index contributed by atoms with van der Waals surface area (Å²) < 4.78 is 5.77. The lowest BCUT2D eigenvalue weighted by atomic mass is 9.98. The maximum atomic E-state index is 5.77. The highest BCUT2D eigenvalue weighted by Crippen LogP contribution is 2.24. The fourth-order valence-corrected chi connectivity index (χ4v) is 2.77. The molecule has 0 radical (unpaired) electrons. The number of ether oxygens (including phenoxy) is 1. The van der Waals surface area contributed by atoms with Crippen molar-refractivity contribution in [3.63, 3.8) is 0 Å². The van der Waals surface area contributed by atoms with Gasteiger partial charge >= 0.3 is 0 Å². The van der Waals surface area contributed by atoms with Gasteiger partial charge in [0.05, 0.1) is 18.0 Å². The molecule has 22 heavy (non-hydrogen) atoms. The van der Waals surface area contributed by atoms with E-state index in [9.17, 15) is 0 Å². The molecule has 1 fully saturated rings. The summed E-state index contributed by atoms with van der Waals surface area (Å²) >= 11 is 0. The lowest BCUT2D eigenvalue weighted by molar-refractivity contribution is 0.216. The minimum absolute atomic E-state index is 0.580. The first-order chi connectivity index (χ1) is 10.7. The third-order valence-electron chi connectivity index (χ3n) is 4.07. The van der Waals surface area contributed by atoms with E-state index in [4.69, 9.17) is 4.74 Å². The molecule has 0 aliphatic carbocycles. The Balaban J connectivity index is 1.53. The average molecular weight is 298 g/mol. The van der Waals surface area contributed by atoms with Crippen LogP contribution in [0.2, 0.25) is 0 Å². The largest absolute Gasteiger partial charge is 0.477 e. The third kappa shape index (κ3) is 3.53. The van der Waals surface area contributed by atoms with Crippen molar-refractivity contribution in [1.29, 1.82) is 0 Å². The Bertz CT molecular complexity index is 609. The molecule has 1 aliphatic rings. The maximum Gasteiger partial charge on any atom is 0.213 e. The van der Waals surface area contributed by atoms with E-state index < -0.39 is 0 Å². The lowest BCUT2D eigenvalue weighted by Crippen LogP contribution is -2.36. The van der Waals surface area contributed by atoms with Crippen LogP contribution in [0.25, 0.3) is 0 Å². The lowest BCUT2D eigenvalue weighted by Gasteiger charge is -2.33. The number of nitrogens with zero attached hydrogens (tertiary/aromatic N) is 4. The number of hydrogen-bond acceptors (Lipinski definition) is 5. The van der Waals surface area contributed by atoms with Crippen molar-refractivity contribution < 1.29 is 4.74 Å². The van der Waals surface area contributed by atoms with E-state index in [1.807, 2.05) is 38.2 Å². The van der Waals surface area contributed by atoms with E-state index in [0.717, 1.165) is 49.7 Å². The van der Waals surface area contributed by atoms with E-state index in [2.05, 4.69) is 19.9 Å². The second-order valence-corrected chi connectivity index (χ2v) is 5.83. The highest BCUT2D eigenvalue weighted by atomic mass is 16.5. The Morgan fingerprint density at radius 3 is 2.73 bits per heavy atom. The highest BCUT2D eigenvalue weighted by Gasteiger charge is 2.22. The van der Waals surface area contributed by atoms with Crippen molar-refractivity contribution in [3.05, 3.63) is 42.0 Å². The van der Waals surface area contributed by atoms with Crippen molar-refractivity contribution >= 4 is 5.82 Å². The van der Waals surface area contributed by atoms with Gasteiger partial charge in [-0.05, 0) is 38.7 Å². The minimum atomic E-state index is 0.580. The minimum Gasteiger partial charge on any atom is -0.477 e. The molecule has 116 valence electrons. The Morgan fingerprint density at radius 1 is 1.18 bits per heavy atom. The summed E-state index contributed by atoms with van der Waals surface area (Å²) in [5.41, 5.74) is 1.98. The molecule has 3 rings (SSSR count). The standard InChI is InChI=1S/C17H22N4O/c1-13-11-19-14(2)17(20-13)21-9-6-15(7-10-21)12-22-16-5-3-4-8-18-16/h3-5,8,11,15H,6-7,9-10,12H2,1-2H3. The zero-order chi connectivity index (χ0) is 15.4. The SMILES string of the molecule is Cc1cnc(C)c(N2CCC(COc3ccccn3)CC2)n1. The smallest absolute Gasteiger partial charge is 0.213 e. The third-order valence-corrected chi connectivity index (χ3v) is 4.07. The van der Waals surface area contributed by atoms with Gasteiger partial charge in [-0.1, -0.05) is 6.07 Å². The van der Waals surface area contributed by atoms with Crippen LogP contribution < -0.4 is 9.64 Å². The van der Waals surface area contributed by atoms with Crippen LogP contribution in [0.5, 0.6) is 5.88 Å². The number of aromatic nitrogens is 3. The van der Waals surface area contributed by atoms with Gasteiger partial charge < -0.3 is 9.64 Å². The molecular formula is C17H22N4O. The summed E-state index contributed by atoms with van der Waals surface area (Å²) in [4.78, 5) is 15.6. The Hall–Kier alpha value is -2.17. The number of hydrogen-bond donors (Lipinski definition) is 0. The summed E-state index contributed by atoms with van der Waals surface area (Å²) in [6.07, 6.45) is 5.81. The zero-order valence-corrected chi connectivity index (χ0v) is 13.2. The molecule has 0 bridgehead atoms. The Labute approximate surface area is 131 Å². The fourth-order valence-electron chi connectivity index (χ4n) is 2.77. The molecule has 0 aromatic carbocycles. The molecule has 1 saturated heterocycles. The van der Waals surface area contributed by atoms with E-state index >= 15 is 0 Å². The van der Waals surface area contributed by atoms with Gasteiger partial charge in [0.2, 0.25) is 5.88 Å². The molecule has 2 aromatic rings. The average Bonchev–Trinajstić information content (AvgIpc) is 2.57. The van der Waals surface area contributed by atoms with Crippen LogP contribution in [0.15, 0.2) is 30.6 Å². The number of rotatable bonds is 4. The molecule has 3 heterocycles. The van der Waals surface area contributed by atoms with Crippen molar-refractivity contribution in [1.82, 2.24) is 15.0 Å². The molecule has 0 spiro atoms. The monoisotopic (exact) mass is 298 g/mol. The summed E-state index contributed by atoms with van der Waals surface area (Å²) in [5, 5.41) is 0. The molecule has 0 unspecified atom stereocenters. The van der Waals surface area contributed by atoms with Gasteiger partial charge in [-0.15, -0.1) is 0 Å². The molecule has 2 aromatic heterocycles. The molecule has 1 aliphatic heterocycles. The number of aryl methyl sites for hydroxylation is 2. The van der Waals surface area contributed by atoms with Crippen molar-refractivity contribution in [2.24, 2.45) is 5.92 Å². The van der Waals surface area contributed by atoms with Gasteiger partial charge in [0.25, 0.3) is 0 Å². The number of piperidine rings is 1. The van der Waals surface area contributed by atoms with Crippen molar-refractivity contribution in [3.8, 4) is 5.88 Å². The summed E-state index contributed by atoms with van der Waals surface area (Å²) in [6.45, 7) is 6.77. The molecule has 0 amide bonds. The van der Waals surface area contributed by atoms with E-state index in [-0.39, 0.29) is 0 Å². The Morgan fingerprint density at radius 2 is 2.00 bits per heavy atom. The van der Waals surface area contributed by atoms with Crippen LogP contribution >= 0.6 is 0 Å². The van der Waals surface area contributed by atoms with Gasteiger partial charge in [-0.3, -0.25) is 4.98 Å². The molecule has 0 N–H and O–H groups in total. The predicted octanol–water partition coefficient (Wildman–Crippen LogP) is 2.78. The van der Waals surface area contributed by atoms with E-state index in [0.29, 0.717) is 11.8 Å². The summed E-state index contributed by atoms with van der Waals surface area (Å²) in [6, 6.07) is 5.75. The topological polar surface area (TPSA) is 51.1 Å². The first-order valence-electron chi connectivity index (χ1n) is 7.81. The summed E-state index contributed by atoms with van der Waals surface area (Å²) in [5.74, 6) is 2.32. The maximum absolute atomic E-state index is 5.77. The second-order valence-electron chi connectivity index (χ2n) is 5.83. The van der Waals surface area contributed by atoms with Gasteiger partial charge in [-0.2, -0.15) is 0 Å². The van der Waals surface area contributed by atoms with Gasteiger partial charge in [0.15, 0.2) is 0 Å². The van der Waals surface area contributed by atoms with Gasteiger partial charge in [0.1, 0.15) is 5.82 Å². The van der Waals surface area contributed by atoms with Crippen LogP contribution in [-0.2, 0) is 0 Å². The molecule has 0 atom stereocenters. The summed E-state index contributed by atoms with van der Waals surface area (Å²) in [7, 11) is 0. The predicted molar refractivity (Wildman–Crippen MR) is 86.2 cm³/mol. The first kappa shape index (κ1) is 14.8. The van der Waals surface area contributed by atoms with Crippen LogP contribution in [0.4, 0.5) is 5.82 Å². The number of pyridine rings is 1. The molecular weight excluding hydrogens is 276 g/mol. The van der Waals surface area contributed by atoms with Crippen LogP contribution in [-0.4, -0.2) is 34.6 Å². The van der Waals surface area contributed by atoms with Gasteiger partial charge in [0, 0.05) is 31.5 Å². The van der Waals surface area contributed by atoms with Crippen LogP contribution in [0.1, 0.15) is 24.2 Å². The van der Waals surface area contributed by atoms with Crippen molar-refractivity contribution in [2.45, 2.75) is 26.7 Å². The van der Waals surface area contributed by atoms with Crippen LogP contribution in [0, 0.1) is 19.8 Å². The first-order valence-corrected chi connectivity index (χ1v) is 7.81. The second kappa shape index (κ2) is 6.73. The fraction of sp³-hybridized carbons (Fsp3) is 0.471.